The molecular weight excluding hydrogens is 396 g/mol. The predicted octanol–water partition coefficient (Wildman–Crippen LogP) is 4.92. The van der Waals surface area contributed by atoms with Crippen LogP contribution in [-0.2, 0) is 24.5 Å². The molecule has 0 aromatic heterocycles. The molecule has 31 heavy (non-hydrogen) atoms. The Morgan fingerprint density at radius 2 is 1.13 bits per heavy atom. The summed E-state index contributed by atoms with van der Waals surface area (Å²) in [4.78, 5) is 23.0. The van der Waals surface area contributed by atoms with Crippen LogP contribution >= 0.6 is 0 Å². The SMILES string of the molecule is C=CC(=O)O[C@@H](C)Oc1ccccc1C(C)(C)c1ccccc1O[C@H](C)OC(=O)C=C. The monoisotopic (exact) mass is 424 g/mol. The maximum atomic E-state index is 11.5. The van der Waals surface area contributed by atoms with Crippen molar-refractivity contribution in [1.29, 1.82) is 0 Å². The average Bonchev–Trinajstić information content (AvgIpc) is 2.73. The summed E-state index contributed by atoms with van der Waals surface area (Å²) in [7, 11) is 0. The molecule has 0 unspecified atom stereocenters. The average molecular weight is 424 g/mol. The largest absolute Gasteiger partial charge is 0.455 e. The Labute approximate surface area is 183 Å². The zero-order valence-electron chi connectivity index (χ0n) is 18.3. The van der Waals surface area contributed by atoms with Crippen LogP contribution in [0.5, 0.6) is 11.5 Å². The van der Waals surface area contributed by atoms with Crippen molar-refractivity contribution in [3.05, 3.63) is 85.0 Å². The Hall–Kier alpha value is -3.54. The molecule has 0 aliphatic heterocycles. The van der Waals surface area contributed by atoms with Crippen molar-refractivity contribution in [1.82, 2.24) is 0 Å². The van der Waals surface area contributed by atoms with E-state index in [1.807, 2.05) is 62.4 Å². The molecule has 2 atom stereocenters. The number of rotatable bonds is 10. The number of benzene rings is 2. The van der Waals surface area contributed by atoms with E-state index in [1.54, 1.807) is 13.8 Å². The molecular formula is C25H28O6. The molecule has 0 aliphatic carbocycles. The molecule has 2 aromatic rings. The second kappa shape index (κ2) is 10.5. The van der Waals surface area contributed by atoms with Crippen LogP contribution in [-0.4, -0.2) is 24.5 Å². The van der Waals surface area contributed by atoms with E-state index in [0.717, 1.165) is 23.3 Å². The fourth-order valence-corrected chi connectivity index (χ4v) is 3.15. The van der Waals surface area contributed by atoms with Crippen molar-refractivity contribution >= 4 is 11.9 Å². The van der Waals surface area contributed by atoms with Gasteiger partial charge in [-0.2, -0.15) is 0 Å². The van der Waals surface area contributed by atoms with Gasteiger partial charge in [0, 0.05) is 42.5 Å². The van der Waals surface area contributed by atoms with Gasteiger partial charge in [-0.15, -0.1) is 0 Å². The third-order valence-electron chi connectivity index (χ3n) is 4.60. The molecule has 0 radical (unpaired) electrons. The Kier molecular flexibility index (Phi) is 8.02. The predicted molar refractivity (Wildman–Crippen MR) is 118 cm³/mol. The van der Waals surface area contributed by atoms with E-state index in [4.69, 9.17) is 18.9 Å². The molecule has 0 saturated heterocycles. The molecule has 2 aromatic carbocycles. The van der Waals surface area contributed by atoms with Gasteiger partial charge in [0.1, 0.15) is 11.5 Å². The molecule has 6 nitrogen and oxygen atoms in total. The molecule has 164 valence electrons. The Morgan fingerprint density at radius 3 is 1.48 bits per heavy atom. The van der Waals surface area contributed by atoms with Crippen molar-refractivity contribution in [3.8, 4) is 11.5 Å². The quantitative estimate of drug-likeness (QED) is 0.306. The molecule has 0 N–H and O–H groups in total. The van der Waals surface area contributed by atoms with Gasteiger partial charge >= 0.3 is 11.9 Å². The van der Waals surface area contributed by atoms with Gasteiger partial charge in [0.25, 0.3) is 0 Å². The summed E-state index contributed by atoms with van der Waals surface area (Å²) in [5.74, 6) is 0.00712. The lowest BCUT2D eigenvalue weighted by atomic mass is 9.77. The first-order valence-electron chi connectivity index (χ1n) is 9.87. The summed E-state index contributed by atoms with van der Waals surface area (Å²) in [5, 5.41) is 0. The Balaban J connectivity index is 2.36. The second-order valence-corrected chi connectivity index (χ2v) is 7.27. The van der Waals surface area contributed by atoms with Crippen molar-refractivity contribution < 1.29 is 28.5 Å². The van der Waals surface area contributed by atoms with E-state index in [-0.39, 0.29) is 0 Å². The van der Waals surface area contributed by atoms with Crippen molar-refractivity contribution in [2.75, 3.05) is 0 Å². The maximum Gasteiger partial charge on any atom is 0.333 e. The smallest absolute Gasteiger partial charge is 0.333 e. The lowest BCUT2D eigenvalue weighted by Gasteiger charge is -2.31. The minimum absolute atomic E-state index is 0.558. The van der Waals surface area contributed by atoms with Crippen LogP contribution < -0.4 is 9.47 Å². The Bertz CT molecular complexity index is 871. The van der Waals surface area contributed by atoms with Crippen LogP contribution in [0.1, 0.15) is 38.8 Å². The number of carbonyl (C=O) groups excluding carboxylic acids is 2. The second-order valence-electron chi connectivity index (χ2n) is 7.27. The summed E-state index contributed by atoms with van der Waals surface area (Å²) >= 11 is 0. The van der Waals surface area contributed by atoms with Gasteiger partial charge in [0.05, 0.1) is 0 Å². The molecule has 0 fully saturated rings. The summed E-state index contributed by atoms with van der Waals surface area (Å²) in [6, 6.07) is 15.0. The Morgan fingerprint density at radius 1 is 0.774 bits per heavy atom. The summed E-state index contributed by atoms with van der Waals surface area (Å²) < 4.78 is 22.1. The summed E-state index contributed by atoms with van der Waals surface area (Å²) in [6.07, 6.45) is 0.576. The highest BCUT2D eigenvalue weighted by atomic mass is 16.7. The number of ether oxygens (including phenoxy) is 4. The molecule has 0 bridgehead atoms. The number of hydrogen-bond donors (Lipinski definition) is 0. The lowest BCUT2D eigenvalue weighted by molar-refractivity contribution is -0.156. The van der Waals surface area contributed by atoms with Crippen LogP contribution in [0.2, 0.25) is 0 Å². The number of carbonyl (C=O) groups is 2. The summed E-state index contributed by atoms with van der Waals surface area (Å²) in [6.45, 7) is 14.1. The molecule has 2 rings (SSSR count). The van der Waals surface area contributed by atoms with E-state index < -0.39 is 29.9 Å². The highest BCUT2D eigenvalue weighted by molar-refractivity contribution is 5.81. The van der Waals surface area contributed by atoms with Crippen LogP contribution in [0.3, 0.4) is 0 Å². The first kappa shape index (κ1) is 23.7. The van der Waals surface area contributed by atoms with Gasteiger partial charge in [-0.3, -0.25) is 0 Å². The third kappa shape index (κ3) is 6.22. The van der Waals surface area contributed by atoms with Crippen molar-refractivity contribution in [2.45, 2.75) is 45.7 Å². The van der Waals surface area contributed by atoms with Gasteiger partial charge < -0.3 is 18.9 Å². The van der Waals surface area contributed by atoms with E-state index in [2.05, 4.69) is 13.2 Å². The van der Waals surface area contributed by atoms with Gasteiger partial charge in [-0.25, -0.2) is 9.59 Å². The van der Waals surface area contributed by atoms with Crippen LogP contribution in [0.15, 0.2) is 73.8 Å². The normalized spacial score (nSPS) is 12.8. The van der Waals surface area contributed by atoms with E-state index >= 15 is 0 Å². The minimum atomic E-state index is -0.799. The molecule has 0 aliphatic rings. The fraction of sp³-hybridized carbons (Fsp3) is 0.280. The van der Waals surface area contributed by atoms with Gasteiger partial charge in [-0.1, -0.05) is 63.4 Å². The standard InChI is InChI=1S/C25H28O6/c1-7-23(26)30-17(3)28-21-15-11-9-13-19(21)25(5,6)20-14-10-12-16-22(20)29-18(4)31-24(27)8-2/h7-18H,1-2H2,3-6H3/t17-,18-/m0/s1. The first-order valence-corrected chi connectivity index (χ1v) is 9.87. The van der Waals surface area contributed by atoms with Gasteiger partial charge in [0.15, 0.2) is 0 Å². The molecule has 0 amide bonds. The molecule has 6 heteroatoms. The maximum absolute atomic E-state index is 11.5. The van der Waals surface area contributed by atoms with Crippen LogP contribution in [0.4, 0.5) is 0 Å². The highest BCUT2D eigenvalue weighted by Gasteiger charge is 2.30. The van der Waals surface area contributed by atoms with Crippen molar-refractivity contribution in [2.24, 2.45) is 0 Å². The fourth-order valence-electron chi connectivity index (χ4n) is 3.15. The molecule has 0 spiro atoms. The zero-order chi connectivity index (χ0) is 23.0. The number of para-hydroxylation sites is 2. The zero-order valence-corrected chi connectivity index (χ0v) is 18.3. The van der Waals surface area contributed by atoms with Gasteiger partial charge in [-0.05, 0) is 12.1 Å². The van der Waals surface area contributed by atoms with Crippen LogP contribution in [0.25, 0.3) is 0 Å². The topological polar surface area (TPSA) is 71.1 Å². The lowest BCUT2D eigenvalue weighted by Crippen LogP contribution is -2.26. The number of hydrogen-bond acceptors (Lipinski definition) is 6. The van der Waals surface area contributed by atoms with Gasteiger partial charge in [0.2, 0.25) is 12.6 Å². The van der Waals surface area contributed by atoms with E-state index in [1.165, 1.54) is 0 Å². The third-order valence-corrected chi connectivity index (χ3v) is 4.60. The first-order chi connectivity index (χ1) is 14.7. The van der Waals surface area contributed by atoms with Crippen LogP contribution in [0, 0.1) is 0 Å². The van der Waals surface area contributed by atoms with E-state index in [0.29, 0.717) is 11.5 Å². The molecule has 0 saturated carbocycles. The van der Waals surface area contributed by atoms with Crippen molar-refractivity contribution in [3.63, 3.8) is 0 Å². The molecule has 0 heterocycles. The highest BCUT2D eigenvalue weighted by Crippen LogP contribution is 2.41. The van der Waals surface area contributed by atoms with E-state index in [9.17, 15) is 9.59 Å². The summed E-state index contributed by atoms with van der Waals surface area (Å²) in [5.41, 5.74) is 1.17. The minimum Gasteiger partial charge on any atom is -0.455 e. The number of esters is 2.